The molecule has 1 fully saturated rings. The summed E-state index contributed by atoms with van der Waals surface area (Å²) in [5, 5.41) is 9.30. The molecule has 0 aromatic heterocycles. The smallest absolute Gasteiger partial charge is 0.323 e. The number of rotatable bonds is 3. The fourth-order valence-electron chi connectivity index (χ4n) is 2.83. The SMILES string of the molecule is COC(=O)[C@@H]1C[C@H](C(=O)O)[C@@H](c2cccc(F)c2F)N1C. The Kier molecular flexibility index (Phi) is 4.22. The quantitative estimate of drug-likeness (QED) is 0.858. The molecule has 1 aliphatic heterocycles. The molecule has 5 nitrogen and oxygen atoms in total. The Morgan fingerprint density at radius 3 is 2.62 bits per heavy atom. The number of nitrogens with zero attached hydrogens (tertiary/aromatic N) is 1. The lowest BCUT2D eigenvalue weighted by Gasteiger charge is -2.26. The minimum absolute atomic E-state index is 0.0148. The Bertz CT molecular complexity index is 578. The lowest BCUT2D eigenvalue weighted by atomic mass is 9.93. The van der Waals surface area contributed by atoms with Crippen LogP contribution in [0.4, 0.5) is 8.78 Å². The normalized spacial score (nSPS) is 25.8. The molecule has 0 radical (unpaired) electrons. The summed E-state index contributed by atoms with van der Waals surface area (Å²) in [5.41, 5.74) is -0.0729. The first kappa shape index (κ1) is 15.4. The maximum atomic E-state index is 14.0. The maximum absolute atomic E-state index is 14.0. The molecule has 0 unspecified atom stereocenters. The van der Waals surface area contributed by atoms with Gasteiger partial charge in [-0.3, -0.25) is 14.5 Å². The Morgan fingerprint density at radius 2 is 2.05 bits per heavy atom. The average molecular weight is 299 g/mol. The van der Waals surface area contributed by atoms with E-state index in [-0.39, 0.29) is 12.0 Å². The first-order valence-electron chi connectivity index (χ1n) is 6.35. The molecule has 1 N–H and O–H groups in total. The van der Waals surface area contributed by atoms with E-state index in [9.17, 15) is 23.5 Å². The molecule has 0 spiro atoms. The molecular formula is C14H15F2NO4. The molecular weight excluding hydrogens is 284 g/mol. The molecule has 1 aromatic rings. The van der Waals surface area contributed by atoms with Crippen molar-refractivity contribution in [2.24, 2.45) is 5.92 Å². The summed E-state index contributed by atoms with van der Waals surface area (Å²) in [7, 11) is 2.70. The summed E-state index contributed by atoms with van der Waals surface area (Å²) in [5.74, 6) is -4.92. The number of hydrogen-bond acceptors (Lipinski definition) is 4. The number of methoxy groups -OCH3 is 1. The number of likely N-dealkylation sites (tertiary alicyclic amines) is 1. The van der Waals surface area contributed by atoms with Gasteiger partial charge in [0.1, 0.15) is 6.04 Å². The van der Waals surface area contributed by atoms with Crippen molar-refractivity contribution in [1.82, 2.24) is 4.90 Å². The third-order valence-electron chi connectivity index (χ3n) is 3.88. The molecule has 0 aliphatic carbocycles. The van der Waals surface area contributed by atoms with Gasteiger partial charge in [-0.1, -0.05) is 12.1 Å². The van der Waals surface area contributed by atoms with Gasteiger partial charge in [0.05, 0.1) is 19.1 Å². The van der Waals surface area contributed by atoms with E-state index in [1.807, 2.05) is 0 Å². The number of likely N-dealkylation sites (N-methyl/N-ethyl adjacent to an activating group) is 1. The van der Waals surface area contributed by atoms with Gasteiger partial charge < -0.3 is 9.84 Å². The number of hydrogen-bond donors (Lipinski definition) is 1. The van der Waals surface area contributed by atoms with Crippen LogP contribution in [0.1, 0.15) is 18.0 Å². The van der Waals surface area contributed by atoms with E-state index < -0.39 is 41.6 Å². The number of halogens is 2. The minimum Gasteiger partial charge on any atom is -0.481 e. The van der Waals surface area contributed by atoms with E-state index in [0.29, 0.717) is 0 Å². The second-order valence-electron chi connectivity index (χ2n) is 4.97. The molecule has 1 aliphatic rings. The van der Waals surface area contributed by atoms with Gasteiger partial charge >= 0.3 is 11.9 Å². The number of esters is 1. The van der Waals surface area contributed by atoms with Crippen molar-refractivity contribution in [2.45, 2.75) is 18.5 Å². The topological polar surface area (TPSA) is 66.8 Å². The Labute approximate surface area is 120 Å². The number of ether oxygens (including phenoxy) is 1. The van der Waals surface area contributed by atoms with E-state index in [1.54, 1.807) is 0 Å². The first-order valence-corrected chi connectivity index (χ1v) is 6.35. The van der Waals surface area contributed by atoms with Gasteiger partial charge in [-0.2, -0.15) is 0 Å². The third-order valence-corrected chi connectivity index (χ3v) is 3.88. The Hall–Kier alpha value is -2.02. The number of carboxylic acid groups (broad SMARTS) is 1. The van der Waals surface area contributed by atoms with E-state index in [1.165, 1.54) is 31.2 Å². The van der Waals surface area contributed by atoms with Gasteiger partial charge in [0, 0.05) is 5.56 Å². The summed E-state index contributed by atoms with van der Waals surface area (Å²) in [6.45, 7) is 0. The molecule has 0 amide bonds. The average Bonchev–Trinajstić information content (AvgIpc) is 2.79. The Morgan fingerprint density at radius 1 is 1.38 bits per heavy atom. The number of benzene rings is 1. The molecule has 0 bridgehead atoms. The van der Waals surface area contributed by atoms with Crippen molar-refractivity contribution >= 4 is 11.9 Å². The summed E-state index contributed by atoms with van der Waals surface area (Å²) < 4.78 is 32.0. The largest absolute Gasteiger partial charge is 0.481 e. The summed E-state index contributed by atoms with van der Waals surface area (Å²) in [4.78, 5) is 24.5. The van der Waals surface area contributed by atoms with Crippen molar-refractivity contribution in [3.63, 3.8) is 0 Å². The van der Waals surface area contributed by atoms with Gasteiger partial charge in [-0.25, -0.2) is 8.78 Å². The van der Waals surface area contributed by atoms with Crippen LogP contribution in [-0.4, -0.2) is 42.1 Å². The van der Waals surface area contributed by atoms with Gasteiger partial charge in [-0.15, -0.1) is 0 Å². The van der Waals surface area contributed by atoms with Crippen LogP contribution < -0.4 is 0 Å². The fourth-order valence-corrected chi connectivity index (χ4v) is 2.83. The van der Waals surface area contributed by atoms with Crippen LogP contribution in [0.2, 0.25) is 0 Å². The van der Waals surface area contributed by atoms with Crippen LogP contribution in [0.25, 0.3) is 0 Å². The molecule has 114 valence electrons. The highest BCUT2D eigenvalue weighted by Crippen LogP contribution is 2.41. The fraction of sp³-hybridized carbons (Fsp3) is 0.429. The van der Waals surface area contributed by atoms with Crippen molar-refractivity contribution in [2.75, 3.05) is 14.2 Å². The maximum Gasteiger partial charge on any atom is 0.323 e. The molecule has 2 rings (SSSR count). The van der Waals surface area contributed by atoms with Crippen molar-refractivity contribution in [3.8, 4) is 0 Å². The molecule has 21 heavy (non-hydrogen) atoms. The zero-order chi connectivity index (χ0) is 15.7. The first-order chi connectivity index (χ1) is 9.88. The highest BCUT2D eigenvalue weighted by molar-refractivity contribution is 5.79. The summed E-state index contributed by atoms with van der Waals surface area (Å²) >= 11 is 0. The van der Waals surface area contributed by atoms with Crippen LogP contribution in [0.3, 0.4) is 0 Å². The second-order valence-corrected chi connectivity index (χ2v) is 4.97. The second kappa shape index (κ2) is 5.77. The lowest BCUT2D eigenvalue weighted by Crippen LogP contribution is -2.35. The Balaban J connectivity index is 2.46. The monoisotopic (exact) mass is 299 g/mol. The highest BCUT2D eigenvalue weighted by Gasteiger charge is 2.48. The molecule has 1 heterocycles. The van der Waals surface area contributed by atoms with Crippen molar-refractivity contribution in [3.05, 3.63) is 35.4 Å². The molecule has 1 aromatic carbocycles. The van der Waals surface area contributed by atoms with Gasteiger partial charge in [-0.05, 0) is 19.5 Å². The predicted octanol–water partition coefficient (Wildman–Crippen LogP) is 1.58. The number of carboxylic acids is 1. The number of carbonyl (C=O) groups excluding carboxylic acids is 1. The molecule has 0 saturated carbocycles. The van der Waals surface area contributed by atoms with E-state index >= 15 is 0 Å². The van der Waals surface area contributed by atoms with Gasteiger partial charge in [0.15, 0.2) is 11.6 Å². The van der Waals surface area contributed by atoms with E-state index in [0.717, 1.165) is 6.07 Å². The zero-order valence-corrected chi connectivity index (χ0v) is 11.5. The van der Waals surface area contributed by atoms with Crippen LogP contribution >= 0.6 is 0 Å². The van der Waals surface area contributed by atoms with Crippen LogP contribution in [0.15, 0.2) is 18.2 Å². The highest BCUT2D eigenvalue weighted by atomic mass is 19.2. The minimum atomic E-state index is -1.16. The van der Waals surface area contributed by atoms with Crippen LogP contribution in [0, 0.1) is 17.6 Å². The van der Waals surface area contributed by atoms with Gasteiger partial charge in [0.2, 0.25) is 0 Å². The zero-order valence-electron chi connectivity index (χ0n) is 11.5. The standard InChI is InChI=1S/C14H15F2NO4/c1-17-10(14(20)21-2)6-8(13(18)19)12(17)7-4-3-5-9(15)11(7)16/h3-5,8,10,12H,6H2,1-2H3,(H,18,19)/t8-,10-,12+/m0/s1. The molecule has 3 atom stereocenters. The van der Waals surface area contributed by atoms with Gasteiger partial charge in [0.25, 0.3) is 0 Å². The van der Waals surface area contributed by atoms with Crippen LogP contribution in [0.5, 0.6) is 0 Å². The van der Waals surface area contributed by atoms with Crippen LogP contribution in [-0.2, 0) is 14.3 Å². The summed E-state index contributed by atoms with van der Waals surface area (Å²) in [6.07, 6.45) is -0.0148. The number of carbonyl (C=O) groups is 2. The lowest BCUT2D eigenvalue weighted by molar-refractivity contribution is -0.145. The van der Waals surface area contributed by atoms with Crippen molar-refractivity contribution < 1.29 is 28.2 Å². The number of aliphatic carboxylic acids is 1. The predicted molar refractivity (Wildman–Crippen MR) is 68.4 cm³/mol. The molecule has 1 saturated heterocycles. The van der Waals surface area contributed by atoms with Crippen molar-refractivity contribution in [1.29, 1.82) is 0 Å². The third kappa shape index (κ3) is 2.61. The summed E-state index contributed by atoms with van der Waals surface area (Å²) in [6, 6.07) is 1.87. The molecule has 7 heteroatoms. The van der Waals surface area contributed by atoms with E-state index in [4.69, 9.17) is 0 Å². The van der Waals surface area contributed by atoms with E-state index in [2.05, 4.69) is 4.74 Å².